The van der Waals surface area contributed by atoms with Gasteiger partial charge in [-0.1, -0.05) is 13.3 Å². The Morgan fingerprint density at radius 1 is 1.29 bits per heavy atom. The first-order chi connectivity index (χ1) is 10.0. The average molecular weight is 354 g/mol. The molecule has 2 heterocycles. The minimum atomic E-state index is 0.158. The first-order valence-electron chi connectivity index (χ1n) is 8.13. The van der Waals surface area contributed by atoms with E-state index in [0.29, 0.717) is 6.04 Å². The molecule has 1 aromatic heterocycles. The maximum atomic E-state index is 4.55. The van der Waals surface area contributed by atoms with Crippen LogP contribution in [0, 0.1) is 0 Å². The lowest BCUT2D eigenvalue weighted by Gasteiger charge is -2.46. The van der Waals surface area contributed by atoms with Crippen molar-refractivity contribution in [3.8, 4) is 0 Å². The van der Waals surface area contributed by atoms with Crippen molar-refractivity contribution < 1.29 is 0 Å². The van der Waals surface area contributed by atoms with Crippen LogP contribution >= 0.6 is 15.9 Å². The molecule has 4 heteroatoms. The van der Waals surface area contributed by atoms with Gasteiger partial charge >= 0.3 is 0 Å². The molecule has 0 aliphatic carbocycles. The quantitative estimate of drug-likeness (QED) is 0.846. The van der Waals surface area contributed by atoms with Gasteiger partial charge < -0.3 is 5.32 Å². The predicted octanol–water partition coefficient (Wildman–Crippen LogP) is 3.63. The summed E-state index contributed by atoms with van der Waals surface area (Å²) in [6, 6.07) is 4.63. The Hall–Kier alpha value is -0.450. The molecule has 1 aromatic rings. The van der Waals surface area contributed by atoms with E-state index in [4.69, 9.17) is 0 Å². The van der Waals surface area contributed by atoms with Gasteiger partial charge in [0, 0.05) is 34.4 Å². The van der Waals surface area contributed by atoms with E-state index in [9.17, 15) is 0 Å². The van der Waals surface area contributed by atoms with Crippen molar-refractivity contribution in [3.05, 3.63) is 28.5 Å². The summed E-state index contributed by atoms with van der Waals surface area (Å²) in [4.78, 5) is 7.21. The van der Waals surface area contributed by atoms with E-state index < -0.39 is 0 Å². The predicted molar refractivity (Wildman–Crippen MR) is 92.6 cm³/mol. The molecule has 2 rings (SSSR count). The van der Waals surface area contributed by atoms with Crippen LogP contribution in [0.15, 0.2) is 22.8 Å². The standard InChI is InChI=1S/C17H28BrN3/c1-4-19-16(12-15-9-8-14(18)13-20-15)17(2,3)21-10-6-5-7-11-21/h8-9,13,16,19H,4-7,10-12H2,1-3H3. The normalized spacial score (nSPS) is 18.7. The molecule has 1 atom stereocenters. The lowest BCUT2D eigenvalue weighted by atomic mass is 9.87. The summed E-state index contributed by atoms with van der Waals surface area (Å²) in [7, 11) is 0. The van der Waals surface area contributed by atoms with Gasteiger partial charge in [0.2, 0.25) is 0 Å². The number of aromatic nitrogens is 1. The van der Waals surface area contributed by atoms with Gasteiger partial charge in [-0.2, -0.15) is 0 Å². The van der Waals surface area contributed by atoms with E-state index in [1.165, 1.54) is 32.4 Å². The average Bonchev–Trinajstić information content (AvgIpc) is 2.50. The van der Waals surface area contributed by atoms with Crippen LogP contribution < -0.4 is 5.32 Å². The highest BCUT2D eigenvalue weighted by Gasteiger charge is 2.35. The van der Waals surface area contributed by atoms with Crippen molar-refractivity contribution in [1.82, 2.24) is 15.2 Å². The van der Waals surface area contributed by atoms with Crippen LogP contribution in [0.2, 0.25) is 0 Å². The molecule has 3 nitrogen and oxygen atoms in total. The van der Waals surface area contributed by atoms with Crippen LogP contribution in [0.4, 0.5) is 0 Å². The maximum Gasteiger partial charge on any atom is 0.0420 e. The van der Waals surface area contributed by atoms with Crippen LogP contribution in [0.5, 0.6) is 0 Å². The van der Waals surface area contributed by atoms with Crippen LogP contribution in [-0.4, -0.2) is 41.1 Å². The third kappa shape index (κ3) is 4.51. The number of piperidine rings is 1. The number of nitrogens with zero attached hydrogens (tertiary/aromatic N) is 2. The zero-order chi connectivity index (χ0) is 15.3. The van der Waals surface area contributed by atoms with Crippen molar-refractivity contribution in [1.29, 1.82) is 0 Å². The summed E-state index contributed by atoms with van der Waals surface area (Å²) in [6.45, 7) is 10.4. The minimum absolute atomic E-state index is 0.158. The van der Waals surface area contributed by atoms with E-state index in [0.717, 1.165) is 23.1 Å². The molecule has 0 saturated carbocycles. The number of pyridine rings is 1. The van der Waals surface area contributed by atoms with E-state index in [2.05, 4.69) is 64.0 Å². The van der Waals surface area contributed by atoms with Crippen LogP contribution in [0.3, 0.4) is 0 Å². The summed E-state index contributed by atoms with van der Waals surface area (Å²) in [5, 5.41) is 3.69. The molecular formula is C17H28BrN3. The number of hydrogen-bond donors (Lipinski definition) is 1. The van der Waals surface area contributed by atoms with Gasteiger partial charge in [0.15, 0.2) is 0 Å². The molecule has 118 valence electrons. The first-order valence-corrected chi connectivity index (χ1v) is 8.92. The van der Waals surface area contributed by atoms with Gasteiger partial charge in [0.05, 0.1) is 0 Å². The number of hydrogen-bond acceptors (Lipinski definition) is 3. The molecule has 1 saturated heterocycles. The highest BCUT2D eigenvalue weighted by molar-refractivity contribution is 9.10. The molecule has 1 aliphatic heterocycles. The van der Waals surface area contributed by atoms with Gasteiger partial charge in [-0.3, -0.25) is 9.88 Å². The topological polar surface area (TPSA) is 28.2 Å². The molecule has 1 fully saturated rings. The molecule has 0 radical (unpaired) electrons. The van der Waals surface area contributed by atoms with Crippen molar-refractivity contribution in [3.63, 3.8) is 0 Å². The molecule has 1 N–H and O–H groups in total. The monoisotopic (exact) mass is 353 g/mol. The fraction of sp³-hybridized carbons (Fsp3) is 0.706. The second-order valence-corrected chi connectivity index (χ2v) is 7.40. The molecule has 1 aliphatic rings. The molecule has 1 unspecified atom stereocenters. The van der Waals surface area contributed by atoms with Crippen molar-refractivity contribution >= 4 is 15.9 Å². The fourth-order valence-corrected chi connectivity index (χ4v) is 3.48. The van der Waals surface area contributed by atoms with E-state index in [-0.39, 0.29) is 5.54 Å². The molecule has 0 bridgehead atoms. The summed E-state index contributed by atoms with van der Waals surface area (Å²) in [5.41, 5.74) is 1.32. The highest BCUT2D eigenvalue weighted by atomic mass is 79.9. The van der Waals surface area contributed by atoms with Gasteiger partial charge in [0.1, 0.15) is 0 Å². The summed E-state index contributed by atoms with van der Waals surface area (Å²) >= 11 is 3.46. The van der Waals surface area contributed by atoms with Gasteiger partial charge in [-0.05, 0) is 74.4 Å². The number of nitrogens with one attached hydrogen (secondary N) is 1. The fourth-order valence-electron chi connectivity index (χ4n) is 3.25. The van der Waals surface area contributed by atoms with Crippen molar-refractivity contribution in [2.24, 2.45) is 0 Å². The lowest BCUT2D eigenvalue weighted by molar-refractivity contribution is 0.0613. The molecule has 21 heavy (non-hydrogen) atoms. The summed E-state index contributed by atoms with van der Waals surface area (Å²) in [6.07, 6.45) is 6.92. The number of rotatable bonds is 6. The van der Waals surface area contributed by atoms with E-state index in [1.54, 1.807) is 0 Å². The third-order valence-corrected chi connectivity index (χ3v) is 5.15. The van der Waals surface area contributed by atoms with Crippen molar-refractivity contribution in [2.45, 2.75) is 58.0 Å². The van der Waals surface area contributed by atoms with Crippen molar-refractivity contribution in [2.75, 3.05) is 19.6 Å². The molecule has 0 spiro atoms. The zero-order valence-corrected chi connectivity index (χ0v) is 15.1. The number of likely N-dealkylation sites (N-methyl/N-ethyl adjacent to an activating group) is 1. The summed E-state index contributed by atoms with van der Waals surface area (Å²) < 4.78 is 1.04. The second-order valence-electron chi connectivity index (χ2n) is 6.48. The SMILES string of the molecule is CCNC(Cc1ccc(Br)cn1)C(C)(C)N1CCCCC1. The third-order valence-electron chi connectivity index (χ3n) is 4.68. The Bertz CT molecular complexity index is 424. The Kier molecular flexibility index (Phi) is 6.20. The van der Waals surface area contributed by atoms with E-state index in [1.807, 2.05) is 6.20 Å². The molecule has 0 aromatic carbocycles. The highest BCUT2D eigenvalue weighted by Crippen LogP contribution is 2.25. The smallest absolute Gasteiger partial charge is 0.0420 e. The largest absolute Gasteiger partial charge is 0.312 e. The van der Waals surface area contributed by atoms with E-state index >= 15 is 0 Å². The lowest BCUT2D eigenvalue weighted by Crippen LogP contribution is -2.59. The molecular weight excluding hydrogens is 326 g/mol. The molecule has 0 amide bonds. The van der Waals surface area contributed by atoms with Crippen LogP contribution in [0.25, 0.3) is 0 Å². The Labute approximate surface area is 137 Å². The second kappa shape index (κ2) is 7.70. The summed E-state index contributed by atoms with van der Waals surface area (Å²) in [5.74, 6) is 0. The zero-order valence-electron chi connectivity index (χ0n) is 13.5. The minimum Gasteiger partial charge on any atom is -0.312 e. The van der Waals surface area contributed by atoms with Gasteiger partial charge in [0.25, 0.3) is 0 Å². The van der Waals surface area contributed by atoms with Gasteiger partial charge in [-0.15, -0.1) is 0 Å². The maximum absolute atomic E-state index is 4.55. The first kappa shape index (κ1) is 16.9. The Morgan fingerprint density at radius 3 is 2.57 bits per heavy atom. The van der Waals surface area contributed by atoms with Crippen LogP contribution in [-0.2, 0) is 6.42 Å². The van der Waals surface area contributed by atoms with Crippen LogP contribution in [0.1, 0.15) is 45.7 Å². The Morgan fingerprint density at radius 2 is 2.00 bits per heavy atom. The number of halogens is 1. The van der Waals surface area contributed by atoms with Gasteiger partial charge in [-0.25, -0.2) is 0 Å². The Balaban J connectivity index is 2.10. The number of likely N-dealkylation sites (tertiary alicyclic amines) is 1.